The van der Waals surface area contributed by atoms with Crippen LogP contribution in [0.4, 0.5) is 13.2 Å². The van der Waals surface area contributed by atoms with Crippen molar-refractivity contribution in [3.63, 3.8) is 0 Å². The summed E-state index contributed by atoms with van der Waals surface area (Å²) in [6.07, 6.45) is -1.98. The number of halogens is 3. The van der Waals surface area contributed by atoms with E-state index in [4.69, 9.17) is 4.74 Å². The van der Waals surface area contributed by atoms with Gasteiger partial charge in [-0.05, 0) is 12.3 Å². The van der Waals surface area contributed by atoms with Crippen LogP contribution in [0.25, 0.3) is 0 Å². The van der Waals surface area contributed by atoms with Gasteiger partial charge in [0.05, 0.1) is 17.5 Å². The first-order valence-corrected chi connectivity index (χ1v) is 6.54. The van der Waals surface area contributed by atoms with Crippen LogP contribution in [-0.4, -0.2) is 31.7 Å². The molecule has 0 atom stereocenters. The van der Waals surface area contributed by atoms with Crippen molar-refractivity contribution in [2.75, 3.05) is 13.4 Å². The number of methoxy groups -OCH3 is 1. The first kappa shape index (κ1) is 14.8. The Kier molecular flexibility index (Phi) is 5.03. The fourth-order valence-electron chi connectivity index (χ4n) is 0.940. The molecule has 1 aromatic rings. The van der Waals surface area contributed by atoms with E-state index in [1.54, 1.807) is 6.07 Å². The van der Waals surface area contributed by atoms with Crippen molar-refractivity contribution < 1.29 is 22.7 Å². The van der Waals surface area contributed by atoms with Crippen LogP contribution >= 0.6 is 23.1 Å². The maximum Gasteiger partial charge on any atom is 0.473 e. The number of ether oxygens (including phenoxy) is 1. The van der Waals surface area contributed by atoms with Gasteiger partial charge in [-0.3, -0.25) is 4.79 Å². The van der Waals surface area contributed by atoms with E-state index >= 15 is 0 Å². The normalized spacial score (nSPS) is 11.8. The van der Waals surface area contributed by atoms with E-state index in [9.17, 15) is 18.0 Å². The summed E-state index contributed by atoms with van der Waals surface area (Å²) in [7, 11) is 1.45. The van der Waals surface area contributed by atoms with Crippen molar-refractivity contribution >= 4 is 35.2 Å². The number of hydrogen-bond acceptors (Lipinski definition) is 5. The average Bonchev–Trinajstić information content (AvgIpc) is 2.70. The summed E-state index contributed by atoms with van der Waals surface area (Å²) < 4.78 is 41.6. The molecular weight excluding hydrogens is 289 g/mol. The molecule has 0 fully saturated rings. The van der Waals surface area contributed by atoms with E-state index in [0.29, 0.717) is 10.6 Å². The zero-order valence-electron chi connectivity index (χ0n) is 9.37. The Morgan fingerprint density at radius 3 is 2.78 bits per heavy atom. The molecule has 0 aliphatic rings. The Bertz CT molecular complexity index is 457. The van der Waals surface area contributed by atoms with Gasteiger partial charge in [-0.1, -0.05) is 11.3 Å². The maximum atomic E-state index is 11.9. The highest BCUT2D eigenvalue weighted by atomic mass is 32.2. The van der Waals surface area contributed by atoms with Gasteiger partial charge in [0, 0.05) is 5.56 Å². The lowest BCUT2D eigenvalue weighted by atomic mass is 10.4. The smallest absolute Gasteiger partial charge is 0.473 e. The third kappa shape index (κ3) is 3.91. The number of amides is 1. The third-order valence-corrected chi connectivity index (χ3v) is 3.89. The molecule has 100 valence electrons. The summed E-state index contributed by atoms with van der Waals surface area (Å²) in [4.78, 5) is 10.5. The molecule has 0 unspecified atom stereocenters. The fraction of sp³-hybridized carbons (Fsp3) is 0.333. The second-order valence-electron chi connectivity index (χ2n) is 2.91. The Hall–Kier alpha value is -1.22. The zero-order chi connectivity index (χ0) is 13.8. The molecule has 18 heavy (non-hydrogen) atoms. The summed E-state index contributed by atoms with van der Waals surface area (Å²) in [5.41, 5.74) is 1.91. The Morgan fingerprint density at radius 2 is 2.28 bits per heavy atom. The Morgan fingerprint density at radius 1 is 1.61 bits per heavy atom. The minimum absolute atomic E-state index is 0.509. The van der Waals surface area contributed by atoms with Crippen LogP contribution in [0.5, 0.6) is 5.06 Å². The average molecular weight is 298 g/mol. The van der Waals surface area contributed by atoms with Crippen molar-refractivity contribution in [1.82, 2.24) is 5.43 Å². The molecule has 1 aromatic heterocycles. The van der Waals surface area contributed by atoms with Crippen molar-refractivity contribution in [3.05, 3.63) is 11.6 Å². The van der Waals surface area contributed by atoms with Crippen molar-refractivity contribution in [1.29, 1.82) is 0 Å². The van der Waals surface area contributed by atoms with Gasteiger partial charge in [0.15, 0.2) is 5.06 Å². The molecule has 0 bridgehead atoms. The van der Waals surface area contributed by atoms with Gasteiger partial charge in [-0.15, -0.1) is 11.8 Å². The van der Waals surface area contributed by atoms with Crippen LogP contribution < -0.4 is 10.2 Å². The molecule has 4 nitrogen and oxygen atoms in total. The first-order valence-electron chi connectivity index (χ1n) is 4.50. The number of nitrogens with zero attached hydrogens (tertiary/aromatic N) is 1. The topological polar surface area (TPSA) is 50.7 Å². The molecule has 9 heteroatoms. The second kappa shape index (κ2) is 6.10. The molecule has 1 heterocycles. The summed E-state index contributed by atoms with van der Waals surface area (Å²) in [5, 5.41) is 3.76. The van der Waals surface area contributed by atoms with E-state index in [-0.39, 0.29) is 0 Å². The highest BCUT2D eigenvalue weighted by molar-refractivity contribution is 8.00. The third-order valence-electron chi connectivity index (χ3n) is 1.72. The van der Waals surface area contributed by atoms with Crippen LogP contribution in [-0.2, 0) is 4.79 Å². The lowest BCUT2D eigenvalue weighted by Crippen LogP contribution is -2.33. The number of carbonyl (C=O) groups excluding carboxylic acids is 1. The van der Waals surface area contributed by atoms with Crippen LogP contribution in [0.2, 0.25) is 0 Å². The molecule has 1 rings (SSSR count). The number of hydrogen-bond donors (Lipinski definition) is 1. The first-order chi connectivity index (χ1) is 8.38. The fourth-order valence-corrected chi connectivity index (χ4v) is 2.43. The largest absolute Gasteiger partial charge is 0.487 e. The predicted molar refractivity (Wildman–Crippen MR) is 64.4 cm³/mol. The molecule has 0 aromatic carbocycles. The second-order valence-corrected chi connectivity index (χ2v) is 5.03. The monoisotopic (exact) mass is 298 g/mol. The van der Waals surface area contributed by atoms with E-state index < -0.39 is 12.1 Å². The molecule has 0 saturated carbocycles. The summed E-state index contributed by atoms with van der Waals surface area (Å²) in [5.74, 6) is -2.11. The summed E-state index contributed by atoms with van der Waals surface area (Å²) in [6.45, 7) is 0. The molecule has 1 N–H and O–H groups in total. The molecule has 0 radical (unpaired) electrons. The Labute approximate surface area is 109 Å². The van der Waals surface area contributed by atoms with Gasteiger partial charge in [0.25, 0.3) is 0 Å². The lowest BCUT2D eigenvalue weighted by molar-refractivity contribution is -0.173. The number of rotatable bonds is 4. The van der Waals surface area contributed by atoms with Gasteiger partial charge in [0.2, 0.25) is 0 Å². The predicted octanol–water partition coefficient (Wildman–Crippen LogP) is 2.49. The number of nitrogens with one attached hydrogen (secondary N) is 1. The van der Waals surface area contributed by atoms with Crippen molar-refractivity contribution in [2.24, 2.45) is 5.10 Å². The highest BCUT2D eigenvalue weighted by Gasteiger charge is 2.38. The molecule has 0 aliphatic carbocycles. The van der Waals surface area contributed by atoms with Gasteiger partial charge in [0.1, 0.15) is 0 Å². The highest BCUT2D eigenvalue weighted by Crippen LogP contribution is 2.34. The van der Waals surface area contributed by atoms with Gasteiger partial charge in [-0.25, -0.2) is 5.43 Å². The number of hydrazone groups is 1. The van der Waals surface area contributed by atoms with E-state index in [1.807, 2.05) is 6.26 Å². The van der Waals surface area contributed by atoms with Crippen LogP contribution in [0.15, 0.2) is 15.4 Å². The summed E-state index contributed by atoms with van der Waals surface area (Å²) in [6, 6.07) is 1.71. The number of thiophene rings is 1. The number of thioether (sulfide) groups is 1. The maximum absolute atomic E-state index is 11.9. The molecule has 0 aliphatic heterocycles. The van der Waals surface area contributed by atoms with Crippen LogP contribution in [0, 0.1) is 0 Å². The number of carbonyl (C=O) groups is 1. The lowest BCUT2D eigenvalue weighted by Gasteiger charge is -2.02. The van der Waals surface area contributed by atoms with Crippen LogP contribution in [0.1, 0.15) is 5.56 Å². The molecular formula is C9H9F3N2O2S2. The molecule has 0 saturated heterocycles. The van der Waals surface area contributed by atoms with Gasteiger partial charge >= 0.3 is 12.1 Å². The van der Waals surface area contributed by atoms with E-state index in [2.05, 4.69) is 5.10 Å². The molecule has 0 spiro atoms. The van der Waals surface area contributed by atoms with Crippen LogP contribution in [0.3, 0.4) is 0 Å². The van der Waals surface area contributed by atoms with Crippen molar-refractivity contribution in [3.8, 4) is 5.06 Å². The Balaban J connectivity index is 2.72. The van der Waals surface area contributed by atoms with Gasteiger partial charge in [-0.2, -0.15) is 18.3 Å². The van der Waals surface area contributed by atoms with E-state index in [1.165, 1.54) is 35.6 Å². The summed E-state index contributed by atoms with van der Waals surface area (Å²) >= 11 is 2.81. The standard InChI is InChI=1S/C9H9F3N2O2S2/c1-16-7-5(3-6(17-2)18-7)4-13-14-8(15)9(10,11)12/h3-4H,1-2H3,(H,14,15)/b13-4+. The minimum atomic E-state index is -4.94. The quantitative estimate of drug-likeness (QED) is 0.528. The van der Waals surface area contributed by atoms with Gasteiger partial charge < -0.3 is 4.74 Å². The minimum Gasteiger partial charge on any atom is -0.487 e. The number of alkyl halides is 3. The van der Waals surface area contributed by atoms with Crippen molar-refractivity contribution in [2.45, 2.75) is 10.4 Å². The van der Waals surface area contributed by atoms with E-state index in [0.717, 1.165) is 10.4 Å². The zero-order valence-corrected chi connectivity index (χ0v) is 11.0. The molecule has 1 amide bonds. The SMILES string of the molecule is COc1sc(SC)cc1/C=N/NC(=O)C(F)(F)F.